The van der Waals surface area contributed by atoms with Crippen molar-refractivity contribution in [3.05, 3.63) is 29.8 Å². The fourth-order valence-corrected chi connectivity index (χ4v) is 3.95. The van der Waals surface area contributed by atoms with Gasteiger partial charge < -0.3 is 15.5 Å². The minimum Gasteiger partial charge on any atom is -0.335 e. The summed E-state index contributed by atoms with van der Waals surface area (Å²) in [5, 5.41) is 6.17. The summed E-state index contributed by atoms with van der Waals surface area (Å²) >= 11 is 0. The van der Waals surface area contributed by atoms with Crippen molar-refractivity contribution < 1.29 is 9.59 Å². The molecule has 0 bridgehead atoms. The maximum atomic E-state index is 12.8. The van der Waals surface area contributed by atoms with Crippen molar-refractivity contribution in [2.75, 3.05) is 11.9 Å². The fourth-order valence-electron chi connectivity index (χ4n) is 3.95. The number of nitrogens with zero attached hydrogens (tertiary/aromatic N) is 1. The highest BCUT2D eigenvalue weighted by Crippen LogP contribution is 2.23. The van der Waals surface area contributed by atoms with Crippen LogP contribution in [0.1, 0.15) is 57.4 Å². The number of hydrogen-bond acceptors (Lipinski definition) is 2. The van der Waals surface area contributed by atoms with E-state index in [-0.39, 0.29) is 24.0 Å². The van der Waals surface area contributed by atoms with Crippen LogP contribution < -0.4 is 10.6 Å². The number of carbonyl (C=O) groups is 2. The molecule has 25 heavy (non-hydrogen) atoms. The van der Waals surface area contributed by atoms with Gasteiger partial charge in [0.05, 0.1) is 0 Å². The summed E-state index contributed by atoms with van der Waals surface area (Å²) in [5.74, 6) is -0.0720. The molecule has 1 aliphatic heterocycles. The second kappa shape index (κ2) is 8.37. The topological polar surface area (TPSA) is 61.4 Å². The molecule has 1 aromatic rings. The van der Waals surface area contributed by atoms with Crippen LogP contribution in [0.3, 0.4) is 0 Å². The molecule has 2 N–H and O–H groups in total. The third-order valence-corrected chi connectivity index (χ3v) is 5.41. The second-order valence-electron chi connectivity index (χ2n) is 7.14. The van der Waals surface area contributed by atoms with Crippen LogP contribution in [0.25, 0.3) is 0 Å². The molecule has 1 heterocycles. The molecule has 0 radical (unpaired) electrons. The van der Waals surface area contributed by atoms with Crippen LogP contribution in [0.15, 0.2) is 24.3 Å². The molecule has 2 aliphatic rings. The summed E-state index contributed by atoms with van der Waals surface area (Å²) in [4.78, 5) is 27.1. The maximum Gasteiger partial charge on any atom is 0.318 e. The van der Waals surface area contributed by atoms with Gasteiger partial charge in [0, 0.05) is 18.3 Å². The lowest BCUT2D eigenvalue weighted by molar-refractivity contribution is -0.119. The van der Waals surface area contributed by atoms with Crippen molar-refractivity contribution in [1.29, 1.82) is 0 Å². The van der Waals surface area contributed by atoms with Gasteiger partial charge in [0.1, 0.15) is 6.04 Å². The van der Waals surface area contributed by atoms with Crippen LogP contribution >= 0.6 is 0 Å². The van der Waals surface area contributed by atoms with Gasteiger partial charge in [-0.15, -0.1) is 0 Å². The van der Waals surface area contributed by atoms with E-state index in [0.717, 1.165) is 43.4 Å². The number of hydrogen-bond donors (Lipinski definition) is 2. The first-order valence-corrected chi connectivity index (χ1v) is 9.65. The lowest BCUT2D eigenvalue weighted by atomic mass is 9.96. The van der Waals surface area contributed by atoms with Crippen LogP contribution in [0.4, 0.5) is 10.5 Å². The number of nitrogens with one attached hydrogen (secondary N) is 2. The lowest BCUT2D eigenvalue weighted by Crippen LogP contribution is -2.50. The molecule has 5 nitrogen and oxygen atoms in total. The van der Waals surface area contributed by atoms with E-state index in [4.69, 9.17) is 0 Å². The number of para-hydroxylation sites is 1. The SMILES string of the molecule is CCc1ccccc1NC(=O)[C@@H]1CCCN1C(=O)NC1CCCCC1. The van der Waals surface area contributed by atoms with E-state index < -0.39 is 0 Å². The Bertz CT molecular complexity index is 611. The van der Waals surface area contributed by atoms with Gasteiger partial charge in [-0.25, -0.2) is 4.79 Å². The molecule has 1 atom stereocenters. The number of rotatable bonds is 4. The lowest BCUT2D eigenvalue weighted by Gasteiger charge is -2.29. The summed E-state index contributed by atoms with van der Waals surface area (Å²) in [6.45, 7) is 2.73. The molecular formula is C20H29N3O2. The van der Waals surface area contributed by atoms with E-state index in [1.54, 1.807) is 4.90 Å². The summed E-state index contributed by atoms with van der Waals surface area (Å²) in [6, 6.07) is 7.69. The fraction of sp³-hybridized carbons (Fsp3) is 0.600. The number of carbonyl (C=O) groups excluding carboxylic acids is 2. The van der Waals surface area contributed by atoms with Crippen LogP contribution in [0, 0.1) is 0 Å². The van der Waals surface area contributed by atoms with E-state index in [1.165, 1.54) is 19.3 Å². The van der Waals surface area contributed by atoms with E-state index in [0.29, 0.717) is 6.54 Å². The molecule has 1 saturated carbocycles. The van der Waals surface area contributed by atoms with Crippen molar-refractivity contribution in [1.82, 2.24) is 10.2 Å². The molecular weight excluding hydrogens is 314 g/mol. The van der Waals surface area contributed by atoms with E-state index in [9.17, 15) is 9.59 Å². The van der Waals surface area contributed by atoms with E-state index in [1.807, 2.05) is 24.3 Å². The molecule has 1 aromatic carbocycles. The predicted molar refractivity (Wildman–Crippen MR) is 99.6 cm³/mol. The molecule has 3 amide bonds. The molecule has 0 spiro atoms. The Labute approximate surface area is 150 Å². The Kier molecular flexibility index (Phi) is 5.95. The minimum absolute atomic E-state index is 0.0720. The number of urea groups is 1. The van der Waals surface area contributed by atoms with Gasteiger partial charge in [-0.1, -0.05) is 44.4 Å². The molecule has 5 heteroatoms. The third-order valence-electron chi connectivity index (χ3n) is 5.41. The van der Waals surface area contributed by atoms with Gasteiger partial charge in [-0.2, -0.15) is 0 Å². The Morgan fingerprint density at radius 2 is 1.84 bits per heavy atom. The Morgan fingerprint density at radius 3 is 2.60 bits per heavy atom. The highest BCUT2D eigenvalue weighted by atomic mass is 16.2. The summed E-state index contributed by atoms with van der Waals surface area (Å²) in [5.41, 5.74) is 1.97. The first kappa shape index (κ1) is 17.8. The van der Waals surface area contributed by atoms with Gasteiger partial charge in [-0.05, 0) is 43.7 Å². The maximum absolute atomic E-state index is 12.8. The second-order valence-corrected chi connectivity index (χ2v) is 7.14. The largest absolute Gasteiger partial charge is 0.335 e. The standard InChI is InChI=1S/C20H29N3O2/c1-2-15-9-6-7-12-17(15)22-19(24)18-13-8-14-23(18)20(25)21-16-10-4-3-5-11-16/h6-7,9,12,16,18H,2-5,8,10-11,13-14H2,1H3,(H,21,25)(H,22,24)/t18-/m0/s1. The Morgan fingerprint density at radius 1 is 1.08 bits per heavy atom. The molecule has 2 fully saturated rings. The monoisotopic (exact) mass is 343 g/mol. The number of amides is 3. The molecule has 1 saturated heterocycles. The summed E-state index contributed by atoms with van der Waals surface area (Å²) in [6.07, 6.45) is 8.22. The number of aryl methyl sites for hydroxylation is 1. The van der Waals surface area contributed by atoms with Gasteiger partial charge in [0.2, 0.25) is 5.91 Å². The van der Waals surface area contributed by atoms with Gasteiger partial charge in [0.25, 0.3) is 0 Å². The molecule has 136 valence electrons. The zero-order valence-corrected chi connectivity index (χ0v) is 15.1. The number of anilines is 1. The van der Waals surface area contributed by atoms with E-state index in [2.05, 4.69) is 17.6 Å². The summed E-state index contributed by atoms with van der Waals surface area (Å²) < 4.78 is 0. The van der Waals surface area contributed by atoms with Gasteiger partial charge in [0.15, 0.2) is 0 Å². The highest BCUT2D eigenvalue weighted by molar-refractivity contribution is 5.97. The van der Waals surface area contributed by atoms with Crippen molar-refractivity contribution in [2.24, 2.45) is 0 Å². The Hall–Kier alpha value is -2.04. The predicted octanol–water partition coefficient (Wildman–Crippen LogP) is 3.69. The van der Waals surface area contributed by atoms with Crippen molar-refractivity contribution in [3.63, 3.8) is 0 Å². The van der Waals surface area contributed by atoms with Crippen molar-refractivity contribution >= 4 is 17.6 Å². The molecule has 3 rings (SSSR count). The number of likely N-dealkylation sites (tertiary alicyclic amines) is 1. The van der Waals surface area contributed by atoms with Crippen molar-refractivity contribution in [2.45, 2.75) is 70.4 Å². The minimum atomic E-state index is -0.367. The number of benzene rings is 1. The van der Waals surface area contributed by atoms with Crippen LogP contribution in [-0.4, -0.2) is 35.5 Å². The average Bonchev–Trinajstić information content (AvgIpc) is 3.13. The van der Waals surface area contributed by atoms with Crippen molar-refractivity contribution in [3.8, 4) is 0 Å². The summed E-state index contributed by atoms with van der Waals surface area (Å²) in [7, 11) is 0. The van der Waals surface area contributed by atoms with Gasteiger partial charge >= 0.3 is 6.03 Å². The average molecular weight is 343 g/mol. The highest BCUT2D eigenvalue weighted by Gasteiger charge is 2.35. The van der Waals surface area contributed by atoms with Crippen LogP contribution in [0.2, 0.25) is 0 Å². The smallest absolute Gasteiger partial charge is 0.318 e. The molecule has 0 unspecified atom stereocenters. The van der Waals surface area contributed by atoms with E-state index >= 15 is 0 Å². The van der Waals surface area contributed by atoms with Gasteiger partial charge in [-0.3, -0.25) is 4.79 Å². The van der Waals surface area contributed by atoms with Crippen LogP contribution in [0.5, 0.6) is 0 Å². The first-order chi connectivity index (χ1) is 12.2. The normalized spacial score (nSPS) is 21.2. The molecule has 0 aromatic heterocycles. The van der Waals surface area contributed by atoms with Crippen LogP contribution in [-0.2, 0) is 11.2 Å². The zero-order chi connectivity index (χ0) is 17.6. The Balaban J connectivity index is 1.62. The third kappa shape index (κ3) is 4.33. The molecule has 1 aliphatic carbocycles. The quantitative estimate of drug-likeness (QED) is 0.876. The zero-order valence-electron chi connectivity index (χ0n) is 15.1. The first-order valence-electron chi connectivity index (χ1n) is 9.65.